The fourth-order valence-corrected chi connectivity index (χ4v) is 2.49. The van der Waals surface area contributed by atoms with Crippen molar-refractivity contribution in [3.63, 3.8) is 0 Å². The van der Waals surface area contributed by atoms with Crippen molar-refractivity contribution in [3.8, 4) is 0 Å². The van der Waals surface area contributed by atoms with E-state index in [4.69, 9.17) is 5.73 Å². The van der Waals surface area contributed by atoms with Crippen LogP contribution in [0.25, 0.3) is 10.9 Å². The van der Waals surface area contributed by atoms with Gasteiger partial charge in [0.05, 0.1) is 5.52 Å². The zero-order chi connectivity index (χ0) is 14.4. The largest absolute Gasteiger partial charge is 0.330 e. The van der Waals surface area contributed by atoms with E-state index >= 15 is 0 Å². The highest BCUT2D eigenvalue weighted by molar-refractivity contribution is 5.98. The van der Waals surface area contributed by atoms with Crippen LogP contribution in [0.5, 0.6) is 0 Å². The third-order valence-corrected chi connectivity index (χ3v) is 3.84. The average Bonchev–Trinajstić information content (AvgIpc) is 2.50. The molecule has 106 valence electrons. The standard InChI is InChI=1S/C17H22N2O/c1-2-13(9-10-18)7-8-17(20)15-11-14-5-3-4-6-16(14)19-12-15/h3-6,11-13H,2,7-10,18H2,1H3. The van der Waals surface area contributed by atoms with E-state index in [1.165, 1.54) is 0 Å². The number of nitrogens with two attached hydrogens (primary N) is 1. The van der Waals surface area contributed by atoms with Gasteiger partial charge in [0, 0.05) is 23.6 Å². The molecule has 0 aliphatic carbocycles. The number of Topliss-reactive ketones (excluding diaryl/α,β-unsaturated/α-hetero) is 1. The van der Waals surface area contributed by atoms with E-state index in [2.05, 4.69) is 11.9 Å². The molecule has 20 heavy (non-hydrogen) atoms. The Morgan fingerprint density at radius 2 is 2.10 bits per heavy atom. The number of rotatable bonds is 7. The molecule has 1 atom stereocenters. The molecule has 0 aliphatic heterocycles. The Morgan fingerprint density at radius 1 is 1.30 bits per heavy atom. The van der Waals surface area contributed by atoms with Gasteiger partial charge in [-0.2, -0.15) is 0 Å². The molecule has 3 heteroatoms. The van der Waals surface area contributed by atoms with Gasteiger partial charge in [-0.15, -0.1) is 0 Å². The van der Waals surface area contributed by atoms with Gasteiger partial charge in [-0.25, -0.2) is 0 Å². The monoisotopic (exact) mass is 270 g/mol. The number of para-hydroxylation sites is 1. The van der Waals surface area contributed by atoms with Crippen LogP contribution in [0, 0.1) is 5.92 Å². The summed E-state index contributed by atoms with van der Waals surface area (Å²) in [6.07, 6.45) is 5.27. The van der Waals surface area contributed by atoms with Gasteiger partial charge in [0.25, 0.3) is 0 Å². The van der Waals surface area contributed by atoms with Gasteiger partial charge in [0.15, 0.2) is 5.78 Å². The molecule has 1 unspecified atom stereocenters. The van der Waals surface area contributed by atoms with Crippen molar-refractivity contribution in [2.24, 2.45) is 11.7 Å². The van der Waals surface area contributed by atoms with Crippen molar-refractivity contribution >= 4 is 16.7 Å². The first kappa shape index (κ1) is 14.7. The maximum Gasteiger partial charge on any atom is 0.164 e. The second-order valence-corrected chi connectivity index (χ2v) is 5.23. The predicted octanol–water partition coefficient (Wildman–Crippen LogP) is 3.57. The highest BCUT2D eigenvalue weighted by Gasteiger charge is 2.11. The number of carbonyl (C=O) groups is 1. The molecule has 1 aromatic heterocycles. The first-order valence-electron chi connectivity index (χ1n) is 7.32. The van der Waals surface area contributed by atoms with E-state index < -0.39 is 0 Å². The lowest BCUT2D eigenvalue weighted by molar-refractivity contribution is 0.0972. The Kier molecular flexibility index (Phi) is 5.24. The molecular weight excluding hydrogens is 248 g/mol. The molecule has 0 bridgehead atoms. The molecule has 1 heterocycles. The summed E-state index contributed by atoms with van der Waals surface area (Å²) in [6.45, 7) is 2.85. The topological polar surface area (TPSA) is 56.0 Å². The number of fused-ring (bicyclic) bond motifs is 1. The molecule has 2 rings (SSSR count). The van der Waals surface area contributed by atoms with Gasteiger partial charge in [0.1, 0.15) is 0 Å². The minimum Gasteiger partial charge on any atom is -0.330 e. The number of hydrogen-bond acceptors (Lipinski definition) is 3. The van der Waals surface area contributed by atoms with Crippen LogP contribution in [-0.4, -0.2) is 17.3 Å². The smallest absolute Gasteiger partial charge is 0.164 e. The molecule has 0 spiro atoms. The maximum atomic E-state index is 12.2. The summed E-state index contributed by atoms with van der Waals surface area (Å²) in [5.41, 5.74) is 7.23. The Morgan fingerprint density at radius 3 is 2.85 bits per heavy atom. The average molecular weight is 270 g/mol. The molecule has 0 radical (unpaired) electrons. The van der Waals surface area contributed by atoms with Crippen molar-refractivity contribution < 1.29 is 4.79 Å². The Balaban J connectivity index is 2.03. The number of hydrogen-bond donors (Lipinski definition) is 1. The minimum atomic E-state index is 0.179. The van der Waals surface area contributed by atoms with Crippen LogP contribution in [0.2, 0.25) is 0 Å². The first-order chi connectivity index (χ1) is 9.74. The fourth-order valence-electron chi connectivity index (χ4n) is 2.49. The number of ketones is 1. The molecule has 0 saturated heterocycles. The van der Waals surface area contributed by atoms with Crippen LogP contribution in [0.4, 0.5) is 0 Å². The van der Waals surface area contributed by atoms with E-state index in [-0.39, 0.29) is 5.78 Å². The normalized spacial score (nSPS) is 12.5. The molecule has 2 N–H and O–H groups in total. The van der Waals surface area contributed by atoms with Gasteiger partial charge in [-0.3, -0.25) is 9.78 Å². The molecular formula is C17H22N2O. The molecule has 3 nitrogen and oxygen atoms in total. The van der Waals surface area contributed by atoms with Crippen molar-refractivity contribution in [1.29, 1.82) is 0 Å². The van der Waals surface area contributed by atoms with E-state index in [9.17, 15) is 4.79 Å². The lowest BCUT2D eigenvalue weighted by atomic mass is 9.94. The molecule has 2 aromatic rings. The van der Waals surface area contributed by atoms with Gasteiger partial charge < -0.3 is 5.73 Å². The third kappa shape index (κ3) is 3.64. The number of aromatic nitrogens is 1. The highest BCUT2D eigenvalue weighted by Crippen LogP contribution is 2.18. The molecule has 0 saturated carbocycles. The van der Waals surface area contributed by atoms with Crippen molar-refractivity contribution in [3.05, 3.63) is 42.1 Å². The first-order valence-corrected chi connectivity index (χ1v) is 7.32. The van der Waals surface area contributed by atoms with Crippen molar-refractivity contribution in [1.82, 2.24) is 4.98 Å². The van der Waals surface area contributed by atoms with E-state index in [0.717, 1.165) is 30.2 Å². The second-order valence-electron chi connectivity index (χ2n) is 5.23. The zero-order valence-electron chi connectivity index (χ0n) is 12.0. The number of carbonyl (C=O) groups excluding carboxylic acids is 1. The summed E-state index contributed by atoms with van der Waals surface area (Å²) in [6, 6.07) is 9.80. The van der Waals surface area contributed by atoms with Crippen LogP contribution >= 0.6 is 0 Å². The quantitative estimate of drug-likeness (QED) is 0.782. The van der Waals surface area contributed by atoms with E-state index in [0.29, 0.717) is 24.4 Å². The summed E-state index contributed by atoms with van der Waals surface area (Å²) in [5, 5.41) is 1.02. The van der Waals surface area contributed by atoms with Crippen LogP contribution in [0.1, 0.15) is 43.0 Å². The highest BCUT2D eigenvalue weighted by atomic mass is 16.1. The predicted molar refractivity (Wildman–Crippen MR) is 82.8 cm³/mol. The van der Waals surface area contributed by atoms with Gasteiger partial charge in [-0.1, -0.05) is 31.5 Å². The number of pyridine rings is 1. The lowest BCUT2D eigenvalue weighted by Gasteiger charge is -2.12. The van der Waals surface area contributed by atoms with Crippen LogP contribution in [0.15, 0.2) is 36.5 Å². The summed E-state index contributed by atoms with van der Waals surface area (Å²) in [7, 11) is 0. The third-order valence-electron chi connectivity index (χ3n) is 3.84. The van der Waals surface area contributed by atoms with Crippen molar-refractivity contribution in [2.45, 2.75) is 32.6 Å². The lowest BCUT2D eigenvalue weighted by Crippen LogP contribution is -2.10. The van der Waals surface area contributed by atoms with Crippen LogP contribution < -0.4 is 5.73 Å². The number of benzene rings is 1. The minimum absolute atomic E-state index is 0.179. The SMILES string of the molecule is CCC(CCN)CCC(=O)c1cnc2ccccc2c1. The Bertz CT molecular complexity index is 580. The summed E-state index contributed by atoms with van der Waals surface area (Å²) in [5.74, 6) is 0.732. The van der Waals surface area contributed by atoms with Gasteiger partial charge >= 0.3 is 0 Å². The van der Waals surface area contributed by atoms with Gasteiger partial charge in [-0.05, 0) is 37.4 Å². The Labute approximate surface area is 120 Å². The molecule has 0 fully saturated rings. The van der Waals surface area contributed by atoms with E-state index in [1.54, 1.807) is 6.20 Å². The van der Waals surface area contributed by atoms with Crippen LogP contribution in [0.3, 0.4) is 0 Å². The molecule has 0 amide bonds. The maximum absolute atomic E-state index is 12.2. The van der Waals surface area contributed by atoms with Crippen LogP contribution in [-0.2, 0) is 0 Å². The molecule has 0 aliphatic rings. The fraction of sp³-hybridized carbons (Fsp3) is 0.412. The molecule has 1 aromatic carbocycles. The zero-order valence-corrected chi connectivity index (χ0v) is 12.0. The Hall–Kier alpha value is -1.74. The second kappa shape index (κ2) is 7.15. The summed E-state index contributed by atoms with van der Waals surface area (Å²) >= 11 is 0. The summed E-state index contributed by atoms with van der Waals surface area (Å²) < 4.78 is 0. The van der Waals surface area contributed by atoms with E-state index in [1.807, 2.05) is 30.3 Å². The van der Waals surface area contributed by atoms with Gasteiger partial charge in [0.2, 0.25) is 0 Å². The number of nitrogens with zero attached hydrogens (tertiary/aromatic N) is 1. The van der Waals surface area contributed by atoms with Crippen molar-refractivity contribution in [2.75, 3.05) is 6.54 Å². The summed E-state index contributed by atoms with van der Waals surface area (Å²) in [4.78, 5) is 16.6.